The van der Waals surface area contributed by atoms with E-state index < -0.39 is 0 Å². The molecule has 0 unspecified atom stereocenters. The Balaban J connectivity index is 1.89. The van der Waals surface area contributed by atoms with E-state index in [0.29, 0.717) is 5.41 Å². The smallest absolute Gasteiger partial charge is 0.119 e. The average Bonchev–Trinajstić information content (AvgIpc) is 2.29. The third-order valence-electron chi connectivity index (χ3n) is 3.78. The van der Waals surface area contributed by atoms with Crippen molar-refractivity contribution >= 4 is 5.69 Å². The quantitative estimate of drug-likeness (QED) is 0.770. The lowest BCUT2D eigenvalue weighted by molar-refractivity contribution is 0.156. The minimum Gasteiger partial charge on any atom is -0.497 e. The molecule has 0 bridgehead atoms. The average molecular weight is 234 g/mol. The summed E-state index contributed by atoms with van der Waals surface area (Å²) in [5, 5.41) is 3.50. The highest BCUT2D eigenvalue weighted by Gasteiger charge is 2.30. The molecule has 94 valence electrons. The van der Waals surface area contributed by atoms with Crippen LogP contribution in [0, 0.1) is 5.41 Å². The van der Waals surface area contributed by atoms with E-state index in [9.17, 15) is 0 Å². The molecule has 1 saturated carbocycles. The Morgan fingerprint density at radius 2 is 2.18 bits per heavy atom. The first-order valence-corrected chi connectivity index (χ1v) is 6.26. The van der Waals surface area contributed by atoms with Gasteiger partial charge < -0.3 is 15.8 Å². The molecule has 0 heterocycles. The monoisotopic (exact) mass is 234 g/mol. The molecule has 2 rings (SSSR count). The summed E-state index contributed by atoms with van der Waals surface area (Å²) in [6.07, 6.45) is 4.06. The zero-order valence-corrected chi connectivity index (χ0v) is 10.8. The number of benzene rings is 1. The Bertz CT molecular complexity index is 386. The molecule has 0 atom stereocenters. The van der Waals surface area contributed by atoms with E-state index in [2.05, 4.69) is 12.2 Å². The molecule has 1 aromatic carbocycles. The summed E-state index contributed by atoms with van der Waals surface area (Å²) in [5.41, 5.74) is 8.40. The second kappa shape index (κ2) is 4.96. The number of ether oxygens (including phenoxy) is 1. The van der Waals surface area contributed by atoms with Crippen LogP contribution in [0.4, 0.5) is 5.69 Å². The van der Waals surface area contributed by atoms with E-state index in [1.165, 1.54) is 19.3 Å². The van der Waals surface area contributed by atoms with Gasteiger partial charge >= 0.3 is 0 Å². The van der Waals surface area contributed by atoms with Crippen LogP contribution in [-0.2, 0) is 6.54 Å². The molecular weight excluding hydrogens is 212 g/mol. The third kappa shape index (κ3) is 2.91. The zero-order valence-electron chi connectivity index (χ0n) is 10.8. The van der Waals surface area contributed by atoms with Gasteiger partial charge in [-0.3, -0.25) is 0 Å². The normalized spacial score (nSPS) is 17.5. The number of methoxy groups -OCH3 is 1. The molecule has 17 heavy (non-hydrogen) atoms. The predicted molar refractivity (Wildman–Crippen MR) is 71.1 cm³/mol. The van der Waals surface area contributed by atoms with Crippen molar-refractivity contribution in [3.05, 3.63) is 23.8 Å². The first-order chi connectivity index (χ1) is 8.13. The summed E-state index contributed by atoms with van der Waals surface area (Å²) < 4.78 is 5.21. The van der Waals surface area contributed by atoms with Crippen LogP contribution in [0.2, 0.25) is 0 Å². The maximum absolute atomic E-state index is 5.94. The lowest BCUT2D eigenvalue weighted by Crippen LogP contribution is -2.37. The van der Waals surface area contributed by atoms with Crippen molar-refractivity contribution in [2.75, 3.05) is 19.4 Å². The summed E-state index contributed by atoms with van der Waals surface area (Å²) in [4.78, 5) is 0. The predicted octanol–water partition coefficient (Wildman–Crippen LogP) is 2.56. The Kier molecular flexibility index (Phi) is 3.57. The Morgan fingerprint density at radius 1 is 1.41 bits per heavy atom. The van der Waals surface area contributed by atoms with Crippen molar-refractivity contribution in [1.29, 1.82) is 0 Å². The van der Waals surface area contributed by atoms with Crippen molar-refractivity contribution in [3.8, 4) is 5.75 Å². The van der Waals surface area contributed by atoms with Crippen molar-refractivity contribution in [2.45, 2.75) is 32.7 Å². The minimum atomic E-state index is 0.508. The highest BCUT2D eigenvalue weighted by molar-refractivity contribution is 5.50. The minimum absolute atomic E-state index is 0.508. The summed E-state index contributed by atoms with van der Waals surface area (Å²) in [6.45, 7) is 4.24. The molecule has 1 aromatic rings. The Hall–Kier alpha value is -1.22. The fourth-order valence-electron chi connectivity index (χ4n) is 2.32. The molecule has 1 aliphatic rings. The van der Waals surface area contributed by atoms with Crippen LogP contribution in [0.3, 0.4) is 0 Å². The molecule has 3 heteroatoms. The Morgan fingerprint density at radius 3 is 2.76 bits per heavy atom. The second-order valence-electron chi connectivity index (χ2n) is 5.33. The van der Waals surface area contributed by atoms with Crippen molar-refractivity contribution < 1.29 is 4.74 Å². The molecule has 3 N–H and O–H groups in total. The summed E-state index contributed by atoms with van der Waals surface area (Å²) >= 11 is 0. The van der Waals surface area contributed by atoms with E-state index in [1.54, 1.807) is 7.11 Å². The van der Waals surface area contributed by atoms with Crippen molar-refractivity contribution in [3.63, 3.8) is 0 Å². The van der Waals surface area contributed by atoms with Gasteiger partial charge in [0.05, 0.1) is 7.11 Å². The molecule has 1 aliphatic carbocycles. The standard InChI is InChI=1S/C14H22N2O/c1-14(6-3-7-14)10-16-9-11-8-12(17-2)4-5-13(11)15/h4-5,8,16H,3,6-7,9-10,15H2,1-2H3. The zero-order chi connectivity index (χ0) is 12.3. The first-order valence-electron chi connectivity index (χ1n) is 6.26. The van der Waals surface area contributed by atoms with Crippen LogP contribution in [0.15, 0.2) is 18.2 Å². The number of hydrogen-bond donors (Lipinski definition) is 2. The fraction of sp³-hybridized carbons (Fsp3) is 0.571. The number of nitrogen functional groups attached to an aromatic ring is 1. The number of hydrogen-bond acceptors (Lipinski definition) is 3. The van der Waals surface area contributed by atoms with Gasteiger partial charge in [0.1, 0.15) is 5.75 Å². The first kappa shape index (κ1) is 12.2. The largest absolute Gasteiger partial charge is 0.497 e. The lowest BCUT2D eigenvalue weighted by atomic mass is 9.70. The van der Waals surface area contributed by atoms with Crippen LogP contribution in [0.25, 0.3) is 0 Å². The summed E-state index contributed by atoms with van der Waals surface area (Å²) in [6, 6.07) is 5.80. The molecule has 0 aromatic heterocycles. The van der Waals surface area contributed by atoms with Crippen LogP contribution in [-0.4, -0.2) is 13.7 Å². The second-order valence-corrected chi connectivity index (χ2v) is 5.33. The Labute approximate surface area is 103 Å². The topological polar surface area (TPSA) is 47.3 Å². The van der Waals surface area contributed by atoms with Crippen LogP contribution < -0.4 is 15.8 Å². The van der Waals surface area contributed by atoms with Crippen molar-refractivity contribution in [1.82, 2.24) is 5.32 Å². The molecule has 0 radical (unpaired) electrons. The molecular formula is C14H22N2O. The third-order valence-corrected chi connectivity index (χ3v) is 3.78. The molecule has 3 nitrogen and oxygen atoms in total. The van der Waals surface area contributed by atoms with Crippen LogP contribution in [0.1, 0.15) is 31.7 Å². The molecule has 0 spiro atoms. The van der Waals surface area contributed by atoms with Crippen LogP contribution >= 0.6 is 0 Å². The van der Waals surface area contributed by atoms with Gasteiger partial charge in [-0.2, -0.15) is 0 Å². The van der Waals surface area contributed by atoms with Gasteiger partial charge in [0.25, 0.3) is 0 Å². The van der Waals surface area contributed by atoms with Crippen molar-refractivity contribution in [2.24, 2.45) is 5.41 Å². The fourth-order valence-corrected chi connectivity index (χ4v) is 2.32. The van der Waals surface area contributed by atoms with E-state index in [4.69, 9.17) is 10.5 Å². The van der Waals surface area contributed by atoms with E-state index in [-0.39, 0.29) is 0 Å². The number of nitrogens with two attached hydrogens (primary N) is 1. The molecule has 0 amide bonds. The number of nitrogens with one attached hydrogen (secondary N) is 1. The van der Waals surface area contributed by atoms with Gasteiger partial charge in [-0.05, 0) is 42.0 Å². The van der Waals surface area contributed by atoms with E-state index in [1.807, 2.05) is 18.2 Å². The number of anilines is 1. The SMILES string of the molecule is COc1ccc(N)c(CNCC2(C)CCC2)c1. The maximum atomic E-state index is 5.94. The van der Waals surface area contributed by atoms with Crippen LogP contribution in [0.5, 0.6) is 5.75 Å². The maximum Gasteiger partial charge on any atom is 0.119 e. The highest BCUT2D eigenvalue weighted by Crippen LogP contribution is 2.39. The molecule has 0 aliphatic heterocycles. The highest BCUT2D eigenvalue weighted by atomic mass is 16.5. The summed E-state index contributed by atoms with van der Waals surface area (Å²) in [5.74, 6) is 0.867. The van der Waals surface area contributed by atoms with Gasteiger partial charge in [0.15, 0.2) is 0 Å². The van der Waals surface area contributed by atoms with Gasteiger partial charge in [-0.25, -0.2) is 0 Å². The van der Waals surface area contributed by atoms with Gasteiger partial charge in [0.2, 0.25) is 0 Å². The van der Waals surface area contributed by atoms with E-state index in [0.717, 1.165) is 30.1 Å². The van der Waals surface area contributed by atoms with Gasteiger partial charge in [0, 0.05) is 18.8 Å². The van der Waals surface area contributed by atoms with E-state index >= 15 is 0 Å². The molecule has 0 saturated heterocycles. The lowest BCUT2D eigenvalue weighted by Gasteiger charge is -2.38. The van der Waals surface area contributed by atoms with Gasteiger partial charge in [-0.1, -0.05) is 13.3 Å². The van der Waals surface area contributed by atoms with Gasteiger partial charge in [-0.15, -0.1) is 0 Å². The number of rotatable bonds is 5. The summed E-state index contributed by atoms with van der Waals surface area (Å²) in [7, 11) is 1.68. The molecule has 1 fully saturated rings.